The average Bonchev–Trinajstić information content (AvgIpc) is 3.33. The molecule has 0 radical (unpaired) electrons. The number of aliphatic hydroxyl groups is 2. The van der Waals surface area contributed by atoms with E-state index in [1.165, 1.54) is 205 Å². The maximum Gasteiger partial charge on any atom is 0.243 e. The normalized spacial score (nSPS) is 17.1. The quantitative estimate of drug-likeness (QED) is 0.0453. The summed E-state index contributed by atoms with van der Waals surface area (Å²) in [5.74, 6) is 1.32. The minimum atomic E-state index is -0.488. The van der Waals surface area contributed by atoms with E-state index in [2.05, 4.69) is 62.0 Å². The first-order valence-electron chi connectivity index (χ1n) is 31.5. The smallest absolute Gasteiger partial charge is 0.243 e. The predicted molar refractivity (Wildman–Crippen MR) is 304 cm³/mol. The molecule has 0 saturated carbocycles. The molecule has 1 aliphatic rings. The third kappa shape index (κ3) is 40.2. The minimum Gasteiger partial charge on any atom is -0.392 e. The van der Waals surface area contributed by atoms with Gasteiger partial charge in [-0.2, -0.15) is 0 Å². The maximum atomic E-state index is 13.4. The summed E-state index contributed by atoms with van der Waals surface area (Å²) in [6, 6.07) is -0.933. The molecule has 8 nitrogen and oxygen atoms in total. The lowest BCUT2D eigenvalue weighted by Gasteiger charge is -2.31. The Morgan fingerprint density at radius 3 is 0.914 bits per heavy atom. The number of carbonyl (C=O) groups is 2. The zero-order valence-electron chi connectivity index (χ0n) is 48.0. The number of unbranched alkanes of at least 4 members (excludes halogenated alkanes) is 30. The molecule has 1 rings (SSSR count). The first kappa shape index (κ1) is 66.8. The van der Waals surface area contributed by atoms with Crippen molar-refractivity contribution in [1.82, 2.24) is 20.4 Å². The highest BCUT2D eigenvalue weighted by atomic mass is 16.3. The van der Waals surface area contributed by atoms with E-state index in [4.69, 9.17) is 0 Å². The molecule has 1 aliphatic heterocycles. The van der Waals surface area contributed by atoms with Gasteiger partial charge >= 0.3 is 0 Å². The zero-order chi connectivity index (χ0) is 51.1. The Bertz CT molecular complexity index is 999. The molecule has 0 aliphatic carbocycles. The summed E-state index contributed by atoms with van der Waals surface area (Å²) in [5.41, 5.74) is 0. The van der Waals surface area contributed by atoms with E-state index in [0.717, 1.165) is 77.5 Å². The second-order valence-corrected chi connectivity index (χ2v) is 23.2. The van der Waals surface area contributed by atoms with Crippen LogP contribution in [0.4, 0.5) is 0 Å². The summed E-state index contributed by atoms with van der Waals surface area (Å²) >= 11 is 0. The van der Waals surface area contributed by atoms with Crippen LogP contribution in [0.3, 0.4) is 0 Å². The molecular weight excluding hydrogens is 865 g/mol. The van der Waals surface area contributed by atoms with Gasteiger partial charge in [-0.15, -0.1) is 0 Å². The molecular formula is C62H124N4O4. The summed E-state index contributed by atoms with van der Waals surface area (Å²) < 4.78 is 0. The molecule has 6 unspecified atom stereocenters. The Kier molecular flexibility index (Phi) is 46.5. The van der Waals surface area contributed by atoms with Gasteiger partial charge in [-0.25, -0.2) is 0 Å². The van der Waals surface area contributed by atoms with Crippen molar-refractivity contribution >= 4 is 11.8 Å². The van der Waals surface area contributed by atoms with Crippen LogP contribution in [0.2, 0.25) is 0 Å². The van der Waals surface area contributed by atoms with E-state index in [1.807, 2.05) is 0 Å². The molecule has 1 heterocycles. The van der Waals surface area contributed by atoms with E-state index in [1.54, 1.807) is 0 Å². The van der Waals surface area contributed by atoms with Gasteiger partial charge in [0.05, 0.1) is 12.2 Å². The highest BCUT2D eigenvalue weighted by molar-refractivity contribution is 5.96. The topological polar surface area (TPSA) is 105 Å². The SMILES string of the molecule is CCCCCCCCCCC(C)CN(CCCCC1NC(=O)C(CCCCN(CC(O)CCCCCCCCCC)CC(O)CCCCCCCCCC)NC1=O)CC(C)CCCCCCCCCC. The summed E-state index contributed by atoms with van der Waals surface area (Å²) in [7, 11) is 0. The molecule has 70 heavy (non-hydrogen) atoms. The Morgan fingerprint density at radius 1 is 0.357 bits per heavy atom. The monoisotopic (exact) mass is 989 g/mol. The fourth-order valence-corrected chi connectivity index (χ4v) is 11.1. The van der Waals surface area contributed by atoms with Gasteiger partial charge in [0.1, 0.15) is 12.1 Å². The Labute approximate surface area is 437 Å². The lowest BCUT2D eigenvalue weighted by molar-refractivity contribution is -0.137. The van der Waals surface area contributed by atoms with Gasteiger partial charge in [-0.05, 0) is 89.1 Å². The van der Waals surface area contributed by atoms with Crippen molar-refractivity contribution in [2.75, 3.05) is 39.3 Å². The number of nitrogens with one attached hydrogen (secondary N) is 2. The number of rotatable bonds is 54. The third-order valence-electron chi connectivity index (χ3n) is 15.7. The lowest BCUT2D eigenvalue weighted by Crippen LogP contribution is -2.61. The zero-order valence-corrected chi connectivity index (χ0v) is 48.0. The van der Waals surface area contributed by atoms with Crippen LogP contribution < -0.4 is 10.6 Å². The van der Waals surface area contributed by atoms with Crippen molar-refractivity contribution in [3.63, 3.8) is 0 Å². The Morgan fingerprint density at radius 2 is 0.614 bits per heavy atom. The number of carbonyl (C=O) groups excluding carboxylic acids is 2. The van der Waals surface area contributed by atoms with Gasteiger partial charge < -0.3 is 25.7 Å². The molecule has 6 atom stereocenters. The van der Waals surface area contributed by atoms with Crippen LogP contribution in [0.15, 0.2) is 0 Å². The van der Waals surface area contributed by atoms with Gasteiger partial charge in [0.2, 0.25) is 11.8 Å². The fourth-order valence-electron chi connectivity index (χ4n) is 11.1. The van der Waals surface area contributed by atoms with Crippen molar-refractivity contribution in [3.05, 3.63) is 0 Å². The highest BCUT2D eigenvalue weighted by Gasteiger charge is 2.33. The van der Waals surface area contributed by atoms with Crippen LogP contribution in [0.1, 0.15) is 311 Å². The van der Waals surface area contributed by atoms with Crippen molar-refractivity contribution in [1.29, 1.82) is 0 Å². The van der Waals surface area contributed by atoms with Crippen molar-refractivity contribution < 1.29 is 19.8 Å². The molecule has 0 bridgehead atoms. The van der Waals surface area contributed by atoms with Crippen LogP contribution in [0.25, 0.3) is 0 Å². The van der Waals surface area contributed by atoms with E-state index < -0.39 is 12.1 Å². The van der Waals surface area contributed by atoms with E-state index in [-0.39, 0.29) is 24.0 Å². The number of nitrogens with zero attached hydrogens (tertiary/aromatic N) is 2. The van der Waals surface area contributed by atoms with E-state index >= 15 is 0 Å². The average molecular weight is 990 g/mol. The summed E-state index contributed by atoms with van der Waals surface area (Å²) in [4.78, 5) is 31.7. The van der Waals surface area contributed by atoms with Gasteiger partial charge in [0.15, 0.2) is 0 Å². The third-order valence-corrected chi connectivity index (χ3v) is 15.7. The van der Waals surface area contributed by atoms with Crippen molar-refractivity contribution in [2.45, 2.75) is 336 Å². The maximum absolute atomic E-state index is 13.4. The Hall–Kier alpha value is -1.22. The fraction of sp³-hybridized carbons (Fsp3) is 0.968. The molecule has 8 heteroatoms. The number of hydrogen-bond acceptors (Lipinski definition) is 6. The molecule has 0 aromatic carbocycles. The van der Waals surface area contributed by atoms with E-state index in [0.29, 0.717) is 37.8 Å². The van der Waals surface area contributed by atoms with Crippen LogP contribution in [0.5, 0.6) is 0 Å². The highest BCUT2D eigenvalue weighted by Crippen LogP contribution is 2.20. The largest absolute Gasteiger partial charge is 0.392 e. The second kappa shape index (κ2) is 48.7. The van der Waals surface area contributed by atoms with Crippen LogP contribution >= 0.6 is 0 Å². The number of hydrogen-bond donors (Lipinski definition) is 4. The van der Waals surface area contributed by atoms with Gasteiger partial charge in [-0.3, -0.25) is 14.5 Å². The first-order valence-corrected chi connectivity index (χ1v) is 31.5. The minimum absolute atomic E-state index is 0.0331. The number of amides is 2. The standard InChI is InChI=1S/C62H124N4O4/c1-7-11-15-19-23-27-31-35-43-55(5)51-65(52-56(6)44-36-32-28-24-20-16-12-8-2)49-41-39-47-59-61(69)64-60(62(70)63-59)48-40-42-50-66(53-57(67)45-37-33-29-25-21-17-13-9-3)54-58(68)46-38-34-30-26-22-18-14-10-4/h55-60,67-68H,7-54H2,1-6H3,(H,63,70)(H,64,69). The summed E-state index contributed by atoms with van der Waals surface area (Å²) in [6.45, 7) is 19.4. The van der Waals surface area contributed by atoms with Gasteiger partial charge in [0.25, 0.3) is 0 Å². The van der Waals surface area contributed by atoms with Gasteiger partial charge in [0, 0.05) is 26.2 Å². The second-order valence-electron chi connectivity index (χ2n) is 23.2. The molecule has 1 saturated heterocycles. The molecule has 416 valence electrons. The molecule has 0 aromatic heterocycles. The van der Waals surface area contributed by atoms with Crippen molar-refractivity contribution in [3.8, 4) is 0 Å². The Balaban J connectivity index is 2.60. The molecule has 1 fully saturated rings. The molecule has 0 spiro atoms. The predicted octanol–water partition coefficient (Wildman–Crippen LogP) is 16.0. The first-order chi connectivity index (χ1) is 34.1. The summed E-state index contributed by atoms with van der Waals surface area (Å²) in [5, 5.41) is 28.3. The van der Waals surface area contributed by atoms with Crippen LogP contribution in [0, 0.1) is 11.8 Å². The van der Waals surface area contributed by atoms with Crippen LogP contribution in [-0.4, -0.2) is 95.4 Å². The van der Waals surface area contributed by atoms with Crippen LogP contribution in [-0.2, 0) is 9.59 Å². The molecule has 2 amide bonds. The molecule has 0 aromatic rings. The lowest BCUT2D eigenvalue weighted by atomic mass is 9.98. The summed E-state index contributed by atoms with van der Waals surface area (Å²) in [6.07, 6.45) is 50.5. The van der Waals surface area contributed by atoms with Crippen molar-refractivity contribution in [2.24, 2.45) is 11.8 Å². The van der Waals surface area contributed by atoms with E-state index in [9.17, 15) is 19.8 Å². The molecule has 4 N–H and O–H groups in total. The number of piperazine rings is 1. The number of aliphatic hydroxyl groups excluding tert-OH is 2. The van der Waals surface area contributed by atoms with Gasteiger partial charge in [-0.1, -0.05) is 247 Å².